The molecule has 1 aromatic heterocycles. The first kappa shape index (κ1) is 17.9. The Morgan fingerprint density at radius 1 is 1.04 bits per heavy atom. The number of hydrogen-bond acceptors (Lipinski definition) is 5. The number of piperazine rings is 1. The van der Waals surface area contributed by atoms with Gasteiger partial charge in [-0.15, -0.1) is 0 Å². The average Bonchev–Trinajstić information content (AvgIpc) is 2.73. The average molecular weight is 376 g/mol. The maximum Gasteiger partial charge on any atom is 0.269 e. The van der Waals surface area contributed by atoms with Crippen LogP contribution >= 0.6 is 0 Å². The number of nitro benzene ring substituents is 1. The fourth-order valence-corrected chi connectivity index (χ4v) is 3.61. The normalized spacial score (nSPS) is 14.3. The molecule has 4 rings (SSSR count). The SMILES string of the molecule is Cc1cc(N2CCN(C(=O)c3ccc([N+](=O)[O-])cc3)CC2)c2ccccc2n1. The van der Waals surface area contributed by atoms with E-state index in [1.165, 1.54) is 24.3 Å². The summed E-state index contributed by atoms with van der Waals surface area (Å²) in [4.78, 5) is 31.7. The molecule has 2 heterocycles. The number of aryl methyl sites for hydroxylation is 1. The lowest BCUT2D eigenvalue weighted by Gasteiger charge is -2.36. The molecular formula is C21H20N4O3. The monoisotopic (exact) mass is 376 g/mol. The van der Waals surface area contributed by atoms with Gasteiger partial charge in [0.2, 0.25) is 0 Å². The maximum absolute atomic E-state index is 12.7. The van der Waals surface area contributed by atoms with Crippen LogP contribution in [-0.2, 0) is 0 Å². The van der Waals surface area contributed by atoms with E-state index in [4.69, 9.17) is 0 Å². The Labute approximate surface area is 162 Å². The first-order valence-corrected chi connectivity index (χ1v) is 9.18. The number of fused-ring (bicyclic) bond motifs is 1. The van der Waals surface area contributed by atoms with E-state index in [1.54, 1.807) is 4.90 Å². The van der Waals surface area contributed by atoms with E-state index in [-0.39, 0.29) is 11.6 Å². The molecule has 0 spiro atoms. The highest BCUT2D eigenvalue weighted by Gasteiger charge is 2.24. The zero-order valence-electron chi connectivity index (χ0n) is 15.5. The molecule has 1 fully saturated rings. The van der Waals surface area contributed by atoms with Crippen LogP contribution in [-0.4, -0.2) is 46.9 Å². The molecule has 0 atom stereocenters. The molecule has 1 aliphatic rings. The van der Waals surface area contributed by atoms with Gasteiger partial charge in [-0.2, -0.15) is 0 Å². The lowest BCUT2D eigenvalue weighted by atomic mass is 10.1. The predicted molar refractivity (Wildman–Crippen MR) is 108 cm³/mol. The van der Waals surface area contributed by atoms with Crippen molar-refractivity contribution in [2.24, 2.45) is 0 Å². The molecule has 0 unspecified atom stereocenters. The molecule has 1 saturated heterocycles. The number of non-ortho nitro benzene ring substituents is 1. The van der Waals surface area contributed by atoms with Crippen LogP contribution in [0.1, 0.15) is 16.1 Å². The van der Waals surface area contributed by atoms with Crippen molar-refractivity contribution in [2.75, 3.05) is 31.1 Å². The third kappa shape index (κ3) is 3.38. The molecule has 142 valence electrons. The van der Waals surface area contributed by atoms with Crippen LogP contribution in [0.5, 0.6) is 0 Å². The van der Waals surface area contributed by atoms with Crippen molar-refractivity contribution in [3.8, 4) is 0 Å². The van der Waals surface area contributed by atoms with Crippen molar-refractivity contribution in [1.29, 1.82) is 0 Å². The van der Waals surface area contributed by atoms with Crippen LogP contribution in [0.25, 0.3) is 10.9 Å². The lowest BCUT2D eigenvalue weighted by Crippen LogP contribution is -2.48. The van der Waals surface area contributed by atoms with Crippen molar-refractivity contribution in [3.63, 3.8) is 0 Å². The number of carbonyl (C=O) groups excluding carboxylic acids is 1. The number of pyridine rings is 1. The van der Waals surface area contributed by atoms with Crippen LogP contribution in [0.2, 0.25) is 0 Å². The number of hydrogen-bond donors (Lipinski definition) is 0. The summed E-state index contributed by atoms with van der Waals surface area (Å²) >= 11 is 0. The standard InChI is InChI=1S/C21H20N4O3/c1-15-14-20(18-4-2-3-5-19(18)22-15)23-10-12-24(13-11-23)21(26)16-6-8-17(9-7-16)25(27)28/h2-9,14H,10-13H2,1H3. The number of nitro groups is 1. The predicted octanol–water partition coefficient (Wildman–Crippen LogP) is 3.41. The highest BCUT2D eigenvalue weighted by Crippen LogP contribution is 2.27. The van der Waals surface area contributed by atoms with Crippen molar-refractivity contribution >= 4 is 28.2 Å². The van der Waals surface area contributed by atoms with Crippen molar-refractivity contribution in [2.45, 2.75) is 6.92 Å². The van der Waals surface area contributed by atoms with Gasteiger partial charge in [0.1, 0.15) is 0 Å². The van der Waals surface area contributed by atoms with Crippen molar-refractivity contribution in [3.05, 3.63) is 76.0 Å². The van der Waals surface area contributed by atoms with Gasteiger partial charge in [0.05, 0.1) is 10.4 Å². The summed E-state index contributed by atoms with van der Waals surface area (Å²) in [7, 11) is 0. The van der Waals surface area contributed by atoms with Gasteiger partial charge in [0.25, 0.3) is 11.6 Å². The fraction of sp³-hybridized carbons (Fsp3) is 0.238. The largest absolute Gasteiger partial charge is 0.367 e. The summed E-state index contributed by atoms with van der Waals surface area (Å²) in [5.41, 5.74) is 3.55. The van der Waals surface area contributed by atoms with Crippen molar-refractivity contribution in [1.82, 2.24) is 9.88 Å². The summed E-state index contributed by atoms with van der Waals surface area (Å²) in [6, 6.07) is 16.0. The van der Waals surface area contributed by atoms with E-state index in [2.05, 4.69) is 22.0 Å². The van der Waals surface area contributed by atoms with Crippen LogP contribution in [0.15, 0.2) is 54.6 Å². The van der Waals surface area contributed by atoms with Gasteiger partial charge in [0, 0.05) is 60.6 Å². The topological polar surface area (TPSA) is 79.6 Å². The molecule has 28 heavy (non-hydrogen) atoms. The number of amides is 1. The molecule has 0 N–H and O–H groups in total. The second-order valence-electron chi connectivity index (χ2n) is 6.88. The van der Waals surface area contributed by atoms with Gasteiger partial charge >= 0.3 is 0 Å². The highest BCUT2D eigenvalue weighted by atomic mass is 16.6. The summed E-state index contributed by atoms with van der Waals surface area (Å²) in [5.74, 6) is -0.0923. The molecule has 7 heteroatoms. The number of para-hydroxylation sites is 1. The Hall–Kier alpha value is -3.48. The minimum atomic E-state index is -0.464. The van der Waals surface area contributed by atoms with Gasteiger partial charge in [0.15, 0.2) is 0 Å². The van der Waals surface area contributed by atoms with Gasteiger partial charge in [-0.1, -0.05) is 18.2 Å². The Bertz CT molecular complexity index is 1040. The van der Waals surface area contributed by atoms with Crippen LogP contribution in [0, 0.1) is 17.0 Å². The van der Waals surface area contributed by atoms with Gasteiger partial charge in [-0.25, -0.2) is 0 Å². The second kappa shape index (κ2) is 7.26. The number of nitrogens with zero attached hydrogens (tertiary/aromatic N) is 4. The number of benzene rings is 2. The quantitative estimate of drug-likeness (QED) is 0.517. The Morgan fingerprint density at radius 3 is 2.39 bits per heavy atom. The molecule has 3 aromatic rings. The first-order valence-electron chi connectivity index (χ1n) is 9.18. The second-order valence-corrected chi connectivity index (χ2v) is 6.88. The highest BCUT2D eigenvalue weighted by molar-refractivity contribution is 5.95. The minimum absolute atomic E-state index is 0.0127. The van der Waals surface area contributed by atoms with Gasteiger partial charge in [-0.05, 0) is 31.2 Å². The van der Waals surface area contributed by atoms with Crippen LogP contribution < -0.4 is 4.90 Å². The number of aromatic nitrogens is 1. The summed E-state index contributed by atoms with van der Waals surface area (Å²) < 4.78 is 0. The zero-order valence-corrected chi connectivity index (χ0v) is 15.5. The Morgan fingerprint density at radius 2 is 1.71 bits per heavy atom. The van der Waals surface area contributed by atoms with Crippen LogP contribution in [0.4, 0.5) is 11.4 Å². The zero-order chi connectivity index (χ0) is 19.7. The minimum Gasteiger partial charge on any atom is -0.367 e. The summed E-state index contributed by atoms with van der Waals surface area (Å²) in [6.45, 7) is 4.65. The van der Waals surface area contributed by atoms with Gasteiger partial charge in [-0.3, -0.25) is 19.9 Å². The van der Waals surface area contributed by atoms with E-state index in [0.29, 0.717) is 18.7 Å². The van der Waals surface area contributed by atoms with E-state index in [0.717, 1.165) is 35.4 Å². The smallest absolute Gasteiger partial charge is 0.269 e. The number of carbonyl (C=O) groups is 1. The van der Waals surface area contributed by atoms with E-state index in [9.17, 15) is 14.9 Å². The lowest BCUT2D eigenvalue weighted by molar-refractivity contribution is -0.384. The fourth-order valence-electron chi connectivity index (χ4n) is 3.61. The summed E-state index contributed by atoms with van der Waals surface area (Å²) in [5, 5.41) is 11.9. The molecule has 1 amide bonds. The molecular weight excluding hydrogens is 356 g/mol. The molecule has 0 aliphatic carbocycles. The van der Waals surface area contributed by atoms with E-state index in [1.807, 2.05) is 25.1 Å². The number of rotatable bonds is 3. The molecule has 1 aliphatic heterocycles. The number of anilines is 1. The van der Waals surface area contributed by atoms with Gasteiger partial charge < -0.3 is 9.80 Å². The third-order valence-corrected chi connectivity index (χ3v) is 5.06. The molecule has 7 nitrogen and oxygen atoms in total. The first-order chi connectivity index (χ1) is 13.5. The maximum atomic E-state index is 12.7. The molecule has 0 saturated carbocycles. The van der Waals surface area contributed by atoms with Crippen LogP contribution in [0.3, 0.4) is 0 Å². The van der Waals surface area contributed by atoms with E-state index < -0.39 is 4.92 Å². The molecule has 0 bridgehead atoms. The van der Waals surface area contributed by atoms with Crippen molar-refractivity contribution < 1.29 is 9.72 Å². The third-order valence-electron chi connectivity index (χ3n) is 5.06. The molecule has 2 aromatic carbocycles. The molecule has 0 radical (unpaired) electrons. The Kier molecular flexibility index (Phi) is 4.65. The van der Waals surface area contributed by atoms with E-state index >= 15 is 0 Å². The summed E-state index contributed by atoms with van der Waals surface area (Å²) in [6.07, 6.45) is 0. The Balaban J connectivity index is 1.49.